The Bertz CT molecular complexity index is 1190. The van der Waals surface area contributed by atoms with Crippen LogP contribution in [-0.2, 0) is 12.8 Å². The van der Waals surface area contributed by atoms with E-state index in [0.717, 1.165) is 30.5 Å². The second-order valence-electron chi connectivity index (χ2n) is 8.05. The summed E-state index contributed by atoms with van der Waals surface area (Å²) in [4.78, 5) is 19.6. The van der Waals surface area contributed by atoms with Gasteiger partial charge < -0.3 is 15.6 Å². The number of urea groups is 1. The number of amides is 2. The van der Waals surface area contributed by atoms with Gasteiger partial charge in [0.2, 0.25) is 0 Å². The number of aromatic nitrogens is 4. The van der Waals surface area contributed by atoms with Gasteiger partial charge in [-0.2, -0.15) is 5.10 Å². The first-order valence-corrected chi connectivity index (χ1v) is 11.5. The lowest BCUT2D eigenvalue weighted by molar-refractivity contribution is 0.187. The maximum absolute atomic E-state index is 11.4. The van der Waals surface area contributed by atoms with Gasteiger partial charge in [-0.05, 0) is 50.3 Å². The number of aliphatic hydroxyl groups excluding tert-OH is 1. The van der Waals surface area contributed by atoms with Gasteiger partial charge in [0.05, 0.1) is 13.2 Å². The number of benzene rings is 1. The molecule has 184 valence electrons. The number of ether oxygens (including phenoxy) is 1. The molecule has 9 nitrogen and oxygen atoms in total. The summed E-state index contributed by atoms with van der Waals surface area (Å²) >= 11 is 0. The zero-order valence-corrected chi connectivity index (χ0v) is 20.5. The van der Waals surface area contributed by atoms with E-state index in [0.29, 0.717) is 17.1 Å². The molecule has 1 aromatic carbocycles. The summed E-state index contributed by atoms with van der Waals surface area (Å²) in [6.45, 7) is 5.80. The minimum Gasteiger partial charge on any atom is -0.467 e. The van der Waals surface area contributed by atoms with Gasteiger partial charge in [-0.1, -0.05) is 43.3 Å². The number of aliphatic hydroxyl groups is 1. The first-order valence-electron chi connectivity index (χ1n) is 11.5. The number of hydrogen-bond acceptors (Lipinski definition) is 6. The average molecular weight is 477 g/mol. The molecule has 0 spiro atoms. The summed E-state index contributed by atoms with van der Waals surface area (Å²) in [5, 5.41) is 16.5. The lowest BCUT2D eigenvalue weighted by Gasteiger charge is -2.10. The van der Waals surface area contributed by atoms with E-state index in [4.69, 9.17) is 10.5 Å². The molecule has 1 aliphatic rings. The van der Waals surface area contributed by atoms with E-state index in [-0.39, 0.29) is 12.1 Å². The Morgan fingerprint density at radius 2 is 1.89 bits per heavy atom. The maximum Gasteiger partial charge on any atom is 0.317 e. The molecule has 2 amide bonds. The number of nitrogens with two attached hydrogens (primary N) is 1. The van der Waals surface area contributed by atoms with Crippen molar-refractivity contribution < 1.29 is 14.6 Å². The molecule has 4 N–H and O–H groups in total. The Labute approximate surface area is 205 Å². The molecule has 0 aliphatic heterocycles. The van der Waals surface area contributed by atoms with Crippen molar-refractivity contribution in [3.05, 3.63) is 71.6 Å². The molecule has 0 fully saturated rings. The second-order valence-corrected chi connectivity index (χ2v) is 8.05. The van der Waals surface area contributed by atoms with E-state index in [2.05, 4.69) is 32.5 Å². The van der Waals surface area contributed by atoms with Crippen LogP contribution in [0.25, 0.3) is 17.0 Å². The number of nitrogens with zero attached hydrogens (tertiary/aromatic N) is 4. The Hall–Kier alpha value is -3.98. The van der Waals surface area contributed by atoms with Crippen LogP contribution < -0.4 is 15.8 Å². The van der Waals surface area contributed by atoms with Gasteiger partial charge in [-0.3, -0.25) is 5.32 Å². The number of hydrogen-bond donors (Lipinski definition) is 3. The Morgan fingerprint density at radius 3 is 2.40 bits per heavy atom. The zero-order valence-electron chi connectivity index (χ0n) is 20.5. The number of fused-ring (bicyclic) bond motifs is 1. The van der Waals surface area contributed by atoms with E-state index in [1.54, 1.807) is 17.1 Å². The molecule has 0 saturated carbocycles. The van der Waals surface area contributed by atoms with Crippen molar-refractivity contribution in [1.82, 2.24) is 19.7 Å². The summed E-state index contributed by atoms with van der Waals surface area (Å²) in [6, 6.07) is 7.85. The van der Waals surface area contributed by atoms with Crippen molar-refractivity contribution >= 4 is 17.5 Å². The Morgan fingerprint density at radius 1 is 1.26 bits per heavy atom. The SMILES string of the molecule is C/C=C\C=C(/CC)n1nc(-c2cnc(OC)nc2)c(C)c1NC(N)=O.OC1Cc2ccccc2C1. The van der Waals surface area contributed by atoms with Crippen LogP contribution in [0.2, 0.25) is 0 Å². The van der Waals surface area contributed by atoms with E-state index >= 15 is 0 Å². The van der Waals surface area contributed by atoms with Crippen LogP contribution in [0.1, 0.15) is 37.0 Å². The molecule has 2 aromatic heterocycles. The molecule has 0 saturated heterocycles. The molecule has 35 heavy (non-hydrogen) atoms. The topological polar surface area (TPSA) is 128 Å². The standard InChI is InChI=1S/C17H22N6O2.C9H10O/c1-5-7-8-13(6-2)23-15(21-16(18)24)11(3)14(22-23)12-9-19-17(25-4)20-10-12;10-9-5-7-3-1-2-4-8(7)6-9/h5,7-10H,6H2,1-4H3,(H3,18,21,24);1-4,9-10H,5-6H2/b7-5-,13-8+;. The third-order valence-electron chi connectivity index (χ3n) is 5.59. The number of allylic oxidation sites excluding steroid dienone is 4. The molecular weight excluding hydrogens is 444 g/mol. The minimum atomic E-state index is -0.650. The molecule has 1 aliphatic carbocycles. The predicted molar refractivity (Wildman–Crippen MR) is 137 cm³/mol. The van der Waals surface area contributed by atoms with Gasteiger partial charge in [-0.25, -0.2) is 19.4 Å². The third-order valence-corrected chi connectivity index (χ3v) is 5.59. The molecule has 0 bridgehead atoms. The quantitative estimate of drug-likeness (QED) is 0.459. The van der Waals surface area contributed by atoms with Crippen LogP contribution in [0.15, 0.2) is 54.9 Å². The van der Waals surface area contributed by atoms with Crippen molar-refractivity contribution in [3.63, 3.8) is 0 Å². The van der Waals surface area contributed by atoms with E-state index < -0.39 is 6.03 Å². The van der Waals surface area contributed by atoms with E-state index in [1.807, 2.05) is 51.1 Å². The minimum absolute atomic E-state index is 0.127. The van der Waals surface area contributed by atoms with Gasteiger partial charge >= 0.3 is 12.0 Å². The Kier molecular flexibility index (Phi) is 8.74. The predicted octanol–water partition coefficient (Wildman–Crippen LogP) is 4.12. The summed E-state index contributed by atoms with van der Waals surface area (Å²) in [7, 11) is 1.50. The third kappa shape index (κ3) is 6.33. The average Bonchev–Trinajstić information content (AvgIpc) is 3.39. The summed E-state index contributed by atoms with van der Waals surface area (Å²) < 4.78 is 6.66. The highest BCUT2D eigenvalue weighted by atomic mass is 16.5. The number of methoxy groups -OCH3 is 1. The van der Waals surface area contributed by atoms with Crippen molar-refractivity contribution in [3.8, 4) is 17.3 Å². The van der Waals surface area contributed by atoms with Crippen molar-refractivity contribution in [1.29, 1.82) is 0 Å². The van der Waals surface area contributed by atoms with Crippen molar-refractivity contribution in [2.45, 2.75) is 46.1 Å². The second kappa shape index (κ2) is 11.9. The van der Waals surface area contributed by atoms with Crippen LogP contribution >= 0.6 is 0 Å². The fourth-order valence-corrected chi connectivity index (χ4v) is 3.87. The largest absolute Gasteiger partial charge is 0.467 e. The monoisotopic (exact) mass is 476 g/mol. The highest BCUT2D eigenvalue weighted by Gasteiger charge is 2.19. The molecule has 2 heterocycles. The normalized spacial score (nSPS) is 13.3. The Balaban J connectivity index is 0.000000281. The van der Waals surface area contributed by atoms with Crippen molar-refractivity contribution in [2.75, 3.05) is 12.4 Å². The van der Waals surface area contributed by atoms with Crippen molar-refractivity contribution in [2.24, 2.45) is 5.73 Å². The highest BCUT2D eigenvalue weighted by Crippen LogP contribution is 2.30. The van der Waals surface area contributed by atoms with E-state index in [1.165, 1.54) is 18.2 Å². The van der Waals surface area contributed by atoms with Gasteiger partial charge in [0.15, 0.2) is 0 Å². The number of nitrogens with one attached hydrogen (secondary N) is 1. The van der Waals surface area contributed by atoms with E-state index in [9.17, 15) is 9.90 Å². The molecule has 0 radical (unpaired) electrons. The van der Waals surface area contributed by atoms with Gasteiger partial charge in [0.1, 0.15) is 11.5 Å². The number of primary amides is 1. The number of anilines is 1. The lowest BCUT2D eigenvalue weighted by Crippen LogP contribution is -2.22. The molecule has 0 unspecified atom stereocenters. The fraction of sp³-hybridized carbons (Fsp3) is 0.308. The first kappa shape index (κ1) is 25.6. The van der Waals surface area contributed by atoms with Gasteiger partial charge in [-0.15, -0.1) is 0 Å². The number of carbonyl (C=O) groups is 1. The molecule has 9 heteroatoms. The number of rotatable bonds is 6. The smallest absolute Gasteiger partial charge is 0.317 e. The van der Waals surface area contributed by atoms with Gasteiger partial charge in [0.25, 0.3) is 0 Å². The van der Waals surface area contributed by atoms with Crippen LogP contribution in [-0.4, -0.2) is 44.1 Å². The first-order chi connectivity index (χ1) is 16.9. The highest BCUT2D eigenvalue weighted by molar-refractivity contribution is 5.90. The fourth-order valence-electron chi connectivity index (χ4n) is 3.87. The van der Waals surface area contributed by atoms with Crippen LogP contribution in [0.3, 0.4) is 0 Å². The summed E-state index contributed by atoms with van der Waals surface area (Å²) in [5.74, 6) is 0.524. The maximum atomic E-state index is 11.4. The van der Waals surface area contributed by atoms with Gasteiger partial charge in [0, 0.05) is 29.2 Å². The van der Waals surface area contributed by atoms with Crippen LogP contribution in [0.5, 0.6) is 6.01 Å². The molecule has 0 atom stereocenters. The summed E-state index contributed by atoms with van der Waals surface area (Å²) in [5.41, 5.74) is 11.0. The summed E-state index contributed by atoms with van der Waals surface area (Å²) in [6.07, 6.45) is 11.3. The lowest BCUT2D eigenvalue weighted by atomic mass is 10.1. The van der Waals surface area contributed by atoms with Crippen LogP contribution in [0, 0.1) is 6.92 Å². The molecular formula is C26H32N6O3. The van der Waals surface area contributed by atoms with Crippen LogP contribution in [0.4, 0.5) is 10.6 Å². The zero-order chi connectivity index (χ0) is 25.4. The molecule has 3 aromatic rings. The molecule has 4 rings (SSSR count). The number of carbonyl (C=O) groups excluding carboxylic acids is 1.